The summed E-state index contributed by atoms with van der Waals surface area (Å²) in [5.41, 5.74) is 5.45. The molecule has 1 saturated carbocycles. The van der Waals surface area contributed by atoms with Crippen LogP contribution < -0.4 is 5.73 Å². The monoisotopic (exact) mass is 196 g/mol. The maximum absolute atomic E-state index is 11.4. The minimum absolute atomic E-state index is 0.0962. The highest BCUT2D eigenvalue weighted by Gasteiger charge is 2.68. The lowest BCUT2D eigenvalue weighted by molar-refractivity contribution is -0.123. The van der Waals surface area contributed by atoms with Crippen molar-refractivity contribution in [3.05, 3.63) is 0 Å². The highest BCUT2D eigenvalue weighted by atomic mass is 16.1. The lowest BCUT2D eigenvalue weighted by Gasteiger charge is -2.37. The van der Waals surface area contributed by atoms with Crippen LogP contribution in [0.4, 0.5) is 0 Å². The van der Waals surface area contributed by atoms with Crippen molar-refractivity contribution in [3.63, 3.8) is 0 Å². The van der Waals surface area contributed by atoms with E-state index in [1.54, 1.807) is 0 Å². The molecule has 0 bridgehead atoms. The van der Waals surface area contributed by atoms with Crippen LogP contribution in [-0.2, 0) is 4.79 Å². The molecule has 2 fully saturated rings. The second-order valence-corrected chi connectivity index (χ2v) is 5.87. The number of rotatable bonds is 1. The summed E-state index contributed by atoms with van der Waals surface area (Å²) in [6.45, 7) is 8.82. The summed E-state index contributed by atoms with van der Waals surface area (Å²) in [4.78, 5) is 13.8. The SMILES string of the molecule is C[C@@H]1C[C@@]2(C(N)=O)C[C@H]2N1C(C)(C)C. The molecule has 3 atom stereocenters. The van der Waals surface area contributed by atoms with E-state index in [0.717, 1.165) is 12.8 Å². The zero-order valence-corrected chi connectivity index (χ0v) is 9.50. The lowest BCUT2D eigenvalue weighted by Crippen LogP contribution is -2.45. The Balaban J connectivity index is 2.22. The van der Waals surface area contributed by atoms with Gasteiger partial charge in [-0.25, -0.2) is 0 Å². The molecule has 1 aliphatic carbocycles. The smallest absolute Gasteiger partial charge is 0.225 e. The van der Waals surface area contributed by atoms with Gasteiger partial charge in [0.05, 0.1) is 5.41 Å². The number of carbonyl (C=O) groups excluding carboxylic acids is 1. The minimum Gasteiger partial charge on any atom is -0.369 e. The topological polar surface area (TPSA) is 46.3 Å². The van der Waals surface area contributed by atoms with E-state index in [0.29, 0.717) is 12.1 Å². The maximum Gasteiger partial charge on any atom is 0.225 e. The van der Waals surface area contributed by atoms with Crippen molar-refractivity contribution in [1.29, 1.82) is 0 Å². The molecule has 1 aliphatic heterocycles. The molecular weight excluding hydrogens is 176 g/mol. The Labute approximate surface area is 85.6 Å². The highest BCUT2D eigenvalue weighted by Crippen LogP contribution is 2.60. The quantitative estimate of drug-likeness (QED) is 0.683. The number of amides is 1. The molecule has 1 saturated heterocycles. The Hall–Kier alpha value is -0.570. The van der Waals surface area contributed by atoms with Crippen molar-refractivity contribution in [1.82, 2.24) is 4.90 Å². The van der Waals surface area contributed by atoms with Crippen molar-refractivity contribution in [2.24, 2.45) is 11.1 Å². The molecule has 0 aromatic heterocycles. The lowest BCUT2D eigenvalue weighted by atomic mass is 9.99. The molecule has 3 nitrogen and oxygen atoms in total. The standard InChI is InChI=1S/C11H20N2O/c1-7-5-11(9(12)14)6-8(11)13(7)10(2,3)4/h7-8H,5-6H2,1-4H3,(H2,12,14)/t7-,8-,11-/m1/s1. The largest absolute Gasteiger partial charge is 0.369 e. The van der Waals surface area contributed by atoms with Gasteiger partial charge in [0.15, 0.2) is 0 Å². The number of nitrogens with zero attached hydrogens (tertiary/aromatic N) is 1. The Morgan fingerprint density at radius 3 is 2.29 bits per heavy atom. The molecule has 3 heteroatoms. The third kappa shape index (κ3) is 1.11. The number of primary amides is 1. The Morgan fingerprint density at radius 1 is 1.43 bits per heavy atom. The van der Waals surface area contributed by atoms with Crippen LogP contribution >= 0.6 is 0 Å². The van der Waals surface area contributed by atoms with E-state index in [9.17, 15) is 4.79 Å². The van der Waals surface area contributed by atoms with Crippen LogP contribution in [0.3, 0.4) is 0 Å². The average molecular weight is 196 g/mol. The van der Waals surface area contributed by atoms with E-state index in [4.69, 9.17) is 5.73 Å². The predicted molar refractivity (Wildman–Crippen MR) is 55.7 cm³/mol. The molecule has 2 N–H and O–H groups in total. The Kier molecular flexibility index (Phi) is 1.79. The average Bonchev–Trinajstić information content (AvgIpc) is 2.55. The van der Waals surface area contributed by atoms with Gasteiger partial charge in [-0.1, -0.05) is 0 Å². The first-order chi connectivity index (χ1) is 6.29. The molecule has 14 heavy (non-hydrogen) atoms. The maximum atomic E-state index is 11.4. The summed E-state index contributed by atoms with van der Waals surface area (Å²) in [6, 6.07) is 0.899. The van der Waals surface area contributed by atoms with E-state index < -0.39 is 0 Å². The van der Waals surface area contributed by atoms with Crippen LogP contribution in [0.25, 0.3) is 0 Å². The summed E-state index contributed by atoms with van der Waals surface area (Å²) < 4.78 is 0. The van der Waals surface area contributed by atoms with Gasteiger partial charge < -0.3 is 5.73 Å². The first kappa shape index (κ1) is 9.97. The molecule has 2 rings (SSSR count). The predicted octanol–water partition coefficient (Wildman–Crippen LogP) is 1.12. The molecule has 0 aromatic rings. The van der Waals surface area contributed by atoms with Crippen molar-refractivity contribution in [3.8, 4) is 0 Å². The normalized spacial score (nSPS) is 42.3. The number of likely N-dealkylation sites (tertiary alicyclic amines) is 1. The molecule has 80 valence electrons. The number of carbonyl (C=O) groups is 1. The minimum atomic E-state index is -0.174. The highest BCUT2D eigenvalue weighted by molar-refractivity contribution is 5.86. The van der Waals surface area contributed by atoms with Gasteiger partial charge in [0.1, 0.15) is 0 Å². The summed E-state index contributed by atoms with van der Waals surface area (Å²) >= 11 is 0. The summed E-state index contributed by atoms with van der Waals surface area (Å²) in [6.07, 6.45) is 1.92. The molecule has 1 heterocycles. The van der Waals surface area contributed by atoms with Crippen molar-refractivity contribution in [2.45, 2.75) is 58.2 Å². The molecule has 0 unspecified atom stereocenters. The van der Waals surface area contributed by atoms with Crippen LogP contribution in [0.15, 0.2) is 0 Å². The van der Waals surface area contributed by atoms with E-state index in [-0.39, 0.29) is 16.9 Å². The third-order valence-corrected chi connectivity index (χ3v) is 3.77. The molecule has 0 aromatic carbocycles. The Morgan fingerprint density at radius 2 is 2.00 bits per heavy atom. The van der Waals surface area contributed by atoms with Crippen LogP contribution in [0, 0.1) is 5.41 Å². The fourth-order valence-corrected chi connectivity index (χ4v) is 3.30. The number of fused-ring (bicyclic) bond motifs is 1. The van der Waals surface area contributed by atoms with Crippen LogP contribution in [0.2, 0.25) is 0 Å². The van der Waals surface area contributed by atoms with Gasteiger partial charge in [0.2, 0.25) is 5.91 Å². The molecule has 0 radical (unpaired) electrons. The first-order valence-corrected chi connectivity index (χ1v) is 5.37. The van der Waals surface area contributed by atoms with Gasteiger partial charge in [-0.3, -0.25) is 9.69 Å². The van der Waals surface area contributed by atoms with Crippen LogP contribution in [0.5, 0.6) is 0 Å². The summed E-state index contributed by atoms with van der Waals surface area (Å²) in [5, 5.41) is 0. The van der Waals surface area contributed by atoms with Gasteiger partial charge in [-0.2, -0.15) is 0 Å². The zero-order chi connectivity index (χ0) is 10.7. The van der Waals surface area contributed by atoms with Gasteiger partial charge in [-0.05, 0) is 40.5 Å². The van der Waals surface area contributed by atoms with Crippen molar-refractivity contribution < 1.29 is 4.79 Å². The second kappa shape index (κ2) is 2.51. The molecular formula is C11H20N2O. The van der Waals surface area contributed by atoms with E-state index >= 15 is 0 Å². The van der Waals surface area contributed by atoms with Gasteiger partial charge >= 0.3 is 0 Å². The van der Waals surface area contributed by atoms with Gasteiger partial charge in [-0.15, -0.1) is 0 Å². The fraction of sp³-hybridized carbons (Fsp3) is 0.909. The van der Waals surface area contributed by atoms with Gasteiger partial charge in [0, 0.05) is 17.6 Å². The zero-order valence-electron chi connectivity index (χ0n) is 9.50. The molecule has 2 aliphatic rings. The number of hydrogen-bond donors (Lipinski definition) is 1. The van der Waals surface area contributed by atoms with Crippen LogP contribution in [0.1, 0.15) is 40.5 Å². The van der Waals surface area contributed by atoms with Crippen molar-refractivity contribution in [2.75, 3.05) is 0 Å². The van der Waals surface area contributed by atoms with Crippen LogP contribution in [-0.4, -0.2) is 28.4 Å². The van der Waals surface area contributed by atoms with E-state index in [1.165, 1.54) is 0 Å². The molecule has 0 spiro atoms. The number of nitrogens with two attached hydrogens (primary N) is 1. The first-order valence-electron chi connectivity index (χ1n) is 5.37. The van der Waals surface area contributed by atoms with E-state index in [1.807, 2.05) is 0 Å². The van der Waals surface area contributed by atoms with Gasteiger partial charge in [0.25, 0.3) is 0 Å². The third-order valence-electron chi connectivity index (χ3n) is 3.77. The summed E-state index contributed by atoms with van der Waals surface area (Å²) in [5.74, 6) is -0.0962. The fourth-order valence-electron chi connectivity index (χ4n) is 3.30. The van der Waals surface area contributed by atoms with Crippen molar-refractivity contribution >= 4 is 5.91 Å². The van der Waals surface area contributed by atoms with E-state index in [2.05, 4.69) is 32.6 Å². The number of piperidine rings is 1. The second-order valence-electron chi connectivity index (χ2n) is 5.87. The summed E-state index contributed by atoms with van der Waals surface area (Å²) in [7, 11) is 0. The number of hydrogen-bond acceptors (Lipinski definition) is 2. The molecule has 1 amide bonds. The Bertz CT molecular complexity index is 282.